The number of nitrogens with zero attached hydrogens (tertiary/aromatic N) is 1. The van der Waals surface area contributed by atoms with Crippen molar-refractivity contribution in [3.8, 4) is 11.8 Å². The zero-order chi connectivity index (χ0) is 21.8. The van der Waals surface area contributed by atoms with Gasteiger partial charge in [-0.3, -0.25) is 15.2 Å². The van der Waals surface area contributed by atoms with E-state index in [4.69, 9.17) is 28.9 Å². The van der Waals surface area contributed by atoms with Gasteiger partial charge in [-0.15, -0.1) is 12.4 Å². The molecule has 0 unspecified atom stereocenters. The van der Waals surface area contributed by atoms with Gasteiger partial charge in [-0.1, -0.05) is 59.3 Å². The van der Waals surface area contributed by atoms with E-state index in [2.05, 4.69) is 17.3 Å². The Bertz CT molecular complexity index is 1030. The topological polar surface area (TPSA) is 95.7 Å². The molecule has 164 valence electrons. The minimum Gasteiger partial charge on any atom is -0.480 e. The number of carbonyl (C=O) groups is 2. The molecular formula is C22H22Cl3N3O3. The number of benzene rings is 2. The molecular weight excluding hydrogens is 461 g/mol. The van der Waals surface area contributed by atoms with Gasteiger partial charge in [-0.2, -0.15) is 0 Å². The summed E-state index contributed by atoms with van der Waals surface area (Å²) in [5, 5.41) is 11.9. The van der Waals surface area contributed by atoms with Crippen LogP contribution in [-0.2, 0) is 16.0 Å². The van der Waals surface area contributed by atoms with Crippen molar-refractivity contribution in [2.45, 2.75) is 31.7 Å². The van der Waals surface area contributed by atoms with Gasteiger partial charge in [0.2, 0.25) is 5.91 Å². The van der Waals surface area contributed by atoms with Crippen molar-refractivity contribution in [1.82, 2.24) is 5.43 Å². The molecule has 0 spiro atoms. The Morgan fingerprint density at radius 3 is 2.48 bits per heavy atom. The molecule has 31 heavy (non-hydrogen) atoms. The second-order valence-electron chi connectivity index (χ2n) is 6.98. The lowest BCUT2D eigenvalue weighted by molar-refractivity contribution is -0.139. The van der Waals surface area contributed by atoms with Gasteiger partial charge in [-0.25, -0.2) is 4.79 Å². The average Bonchev–Trinajstić information content (AvgIpc) is 2.68. The van der Waals surface area contributed by atoms with Crippen molar-refractivity contribution >= 4 is 53.2 Å². The van der Waals surface area contributed by atoms with Crippen molar-refractivity contribution in [3.05, 3.63) is 63.1 Å². The molecule has 0 aliphatic carbocycles. The summed E-state index contributed by atoms with van der Waals surface area (Å²) in [4.78, 5) is 23.7. The van der Waals surface area contributed by atoms with Crippen molar-refractivity contribution in [1.29, 1.82) is 0 Å². The molecule has 3 rings (SSSR count). The number of carbonyl (C=O) groups excluding carboxylic acids is 1. The molecule has 2 aromatic carbocycles. The highest BCUT2D eigenvalue weighted by molar-refractivity contribution is 6.35. The summed E-state index contributed by atoms with van der Waals surface area (Å²) in [7, 11) is 0. The summed E-state index contributed by atoms with van der Waals surface area (Å²) in [5.74, 6) is 4.11. The molecule has 0 radical (unpaired) electrons. The Kier molecular flexibility index (Phi) is 8.60. The Hall–Kier alpha value is -2.43. The molecule has 0 bridgehead atoms. The lowest BCUT2D eigenvalue weighted by atomic mass is 9.81. The van der Waals surface area contributed by atoms with E-state index < -0.39 is 12.0 Å². The van der Waals surface area contributed by atoms with Crippen LogP contribution in [0.2, 0.25) is 10.0 Å². The number of rotatable bonds is 4. The van der Waals surface area contributed by atoms with Crippen LogP contribution in [0, 0.1) is 11.8 Å². The van der Waals surface area contributed by atoms with E-state index in [1.165, 1.54) is 11.9 Å². The number of aliphatic carboxylic acids is 1. The molecule has 0 aromatic heterocycles. The Balaban J connectivity index is 0.00000341. The van der Waals surface area contributed by atoms with Crippen LogP contribution in [0.25, 0.3) is 0 Å². The molecule has 0 fully saturated rings. The van der Waals surface area contributed by atoms with Gasteiger partial charge in [0.25, 0.3) is 0 Å². The zero-order valence-corrected chi connectivity index (χ0v) is 19.0. The van der Waals surface area contributed by atoms with E-state index in [9.17, 15) is 14.7 Å². The first-order valence-electron chi connectivity index (χ1n) is 9.34. The molecule has 0 saturated carbocycles. The Morgan fingerprint density at radius 1 is 1.23 bits per heavy atom. The van der Waals surface area contributed by atoms with Crippen molar-refractivity contribution in [2.75, 3.05) is 11.6 Å². The molecule has 1 aliphatic rings. The highest BCUT2D eigenvalue weighted by Crippen LogP contribution is 2.46. The van der Waals surface area contributed by atoms with Crippen LogP contribution < -0.4 is 16.2 Å². The van der Waals surface area contributed by atoms with Gasteiger partial charge in [0.05, 0.1) is 12.2 Å². The second kappa shape index (κ2) is 10.7. The van der Waals surface area contributed by atoms with Crippen LogP contribution in [-0.4, -0.2) is 29.6 Å². The number of nitrogens with one attached hydrogen (secondary N) is 1. The van der Waals surface area contributed by atoms with E-state index in [0.717, 1.165) is 16.7 Å². The first kappa shape index (κ1) is 24.8. The number of nitrogens with two attached hydrogens (primary N) is 1. The maximum atomic E-state index is 12.0. The highest BCUT2D eigenvalue weighted by atomic mass is 35.5. The largest absolute Gasteiger partial charge is 0.480 e. The molecule has 1 aliphatic heterocycles. The fraction of sp³-hybridized carbons (Fsp3) is 0.273. The molecule has 1 heterocycles. The van der Waals surface area contributed by atoms with Gasteiger partial charge in [0, 0.05) is 34.9 Å². The monoisotopic (exact) mass is 481 g/mol. The third kappa shape index (κ3) is 5.63. The molecule has 2 atom stereocenters. The van der Waals surface area contributed by atoms with Gasteiger partial charge in [0.1, 0.15) is 6.04 Å². The molecule has 4 N–H and O–H groups in total. The maximum Gasteiger partial charge on any atom is 0.328 e. The van der Waals surface area contributed by atoms with Crippen LogP contribution in [0.15, 0.2) is 36.4 Å². The first-order chi connectivity index (χ1) is 14.3. The lowest BCUT2D eigenvalue weighted by Gasteiger charge is -2.40. The van der Waals surface area contributed by atoms with Crippen LogP contribution in [0.5, 0.6) is 0 Å². The summed E-state index contributed by atoms with van der Waals surface area (Å²) in [6, 6.07) is 10.1. The summed E-state index contributed by atoms with van der Waals surface area (Å²) >= 11 is 12.7. The minimum atomic E-state index is -1.05. The molecule has 1 amide bonds. The third-order valence-electron chi connectivity index (χ3n) is 4.92. The highest BCUT2D eigenvalue weighted by Gasteiger charge is 2.39. The predicted molar refractivity (Wildman–Crippen MR) is 125 cm³/mol. The SMILES string of the molecule is CC(=O)NN1c2cc(Cl)cc(Cl)c2[C@@H](c2ccc(CC#CCN)cc2)C[C@@H]1C(=O)O.Cl. The first-order valence-corrected chi connectivity index (χ1v) is 10.1. The quantitative estimate of drug-likeness (QED) is 0.577. The number of hydrogen-bond donors (Lipinski definition) is 3. The molecule has 0 saturated heterocycles. The lowest BCUT2D eigenvalue weighted by Crippen LogP contribution is -2.54. The van der Waals surface area contributed by atoms with Gasteiger partial charge in [0.15, 0.2) is 0 Å². The van der Waals surface area contributed by atoms with E-state index in [1.807, 2.05) is 24.3 Å². The molecule has 6 nitrogen and oxygen atoms in total. The van der Waals surface area contributed by atoms with Crippen molar-refractivity contribution in [3.63, 3.8) is 0 Å². The van der Waals surface area contributed by atoms with Crippen LogP contribution in [0.1, 0.15) is 36.0 Å². The van der Waals surface area contributed by atoms with Gasteiger partial charge in [-0.05, 0) is 29.7 Å². The fourth-order valence-electron chi connectivity index (χ4n) is 3.66. The molecule has 2 aromatic rings. The number of carboxylic acids is 1. The predicted octanol–water partition coefficient (Wildman–Crippen LogP) is 3.77. The van der Waals surface area contributed by atoms with Crippen LogP contribution in [0.4, 0.5) is 5.69 Å². The number of hydrazine groups is 1. The summed E-state index contributed by atoms with van der Waals surface area (Å²) < 4.78 is 0. The summed E-state index contributed by atoms with van der Waals surface area (Å²) in [6.07, 6.45) is 0.819. The number of amides is 1. The van der Waals surface area contributed by atoms with Gasteiger partial charge < -0.3 is 10.8 Å². The molecule has 9 heteroatoms. The normalized spacial score (nSPS) is 17.0. The number of fused-ring (bicyclic) bond motifs is 1. The third-order valence-corrected chi connectivity index (χ3v) is 5.45. The second-order valence-corrected chi connectivity index (χ2v) is 7.82. The Labute approximate surface area is 197 Å². The number of halogens is 3. The average molecular weight is 483 g/mol. The van der Waals surface area contributed by atoms with Gasteiger partial charge >= 0.3 is 5.97 Å². The van der Waals surface area contributed by atoms with E-state index in [-0.39, 0.29) is 30.7 Å². The number of hydrogen-bond acceptors (Lipinski definition) is 4. The van der Waals surface area contributed by atoms with E-state index in [1.54, 1.807) is 12.1 Å². The standard InChI is InChI=1S/C22H21Cl2N3O3.ClH/c1-13(28)26-27-19-11-16(23)10-18(24)21(19)17(12-20(27)22(29)30)15-7-5-14(6-8-15)4-2-3-9-25;/h5-8,10-11,17,20H,4,9,12,25H2,1H3,(H,26,28)(H,29,30);1H/t17-,20-;/m1./s1. The maximum absolute atomic E-state index is 12.0. The number of carboxylic acid groups (broad SMARTS) is 1. The van der Waals surface area contributed by atoms with Crippen molar-refractivity contribution in [2.24, 2.45) is 5.73 Å². The van der Waals surface area contributed by atoms with Crippen molar-refractivity contribution < 1.29 is 14.7 Å². The van der Waals surface area contributed by atoms with E-state index >= 15 is 0 Å². The van der Waals surface area contributed by atoms with Crippen LogP contribution in [0.3, 0.4) is 0 Å². The fourth-order valence-corrected chi connectivity index (χ4v) is 4.27. The zero-order valence-electron chi connectivity index (χ0n) is 16.7. The minimum absolute atomic E-state index is 0. The summed E-state index contributed by atoms with van der Waals surface area (Å²) in [6.45, 7) is 1.64. The number of anilines is 1. The van der Waals surface area contributed by atoms with Crippen LogP contribution >= 0.6 is 35.6 Å². The van der Waals surface area contributed by atoms with E-state index in [0.29, 0.717) is 28.7 Å². The smallest absolute Gasteiger partial charge is 0.328 e. The summed E-state index contributed by atoms with van der Waals surface area (Å²) in [5.41, 5.74) is 11.2. The Morgan fingerprint density at radius 2 is 1.90 bits per heavy atom.